The highest BCUT2D eigenvalue weighted by molar-refractivity contribution is 8.26. The van der Waals surface area contributed by atoms with Crippen LogP contribution < -0.4 is 5.43 Å². The van der Waals surface area contributed by atoms with Crippen molar-refractivity contribution in [2.75, 3.05) is 0 Å². The molecule has 0 aromatic rings. The third-order valence-corrected chi connectivity index (χ3v) is 2.05. The first kappa shape index (κ1) is 9.25. The summed E-state index contributed by atoms with van der Waals surface area (Å²) in [6.07, 6.45) is 1.94. The summed E-state index contributed by atoms with van der Waals surface area (Å²) >= 11 is 1.38. The van der Waals surface area contributed by atoms with E-state index < -0.39 is 0 Å². The number of carbonyl (C=O) groups is 1. The van der Waals surface area contributed by atoms with Gasteiger partial charge in [-0.05, 0) is 24.6 Å². The van der Waals surface area contributed by atoms with Gasteiger partial charge in [-0.15, -0.1) is 10.5 Å². The van der Waals surface area contributed by atoms with E-state index in [4.69, 9.17) is 0 Å². The van der Waals surface area contributed by atoms with Crippen molar-refractivity contribution in [2.24, 2.45) is 10.1 Å². The molecule has 0 spiro atoms. The van der Waals surface area contributed by atoms with Crippen molar-refractivity contribution in [1.29, 1.82) is 0 Å². The summed E-state index contributed by atoms with van der Waals surface area (Å²) in [6, 6.07) is 0. The second-order valence-corrected chi connectivity index (χ2v) is 3.40. The topological polar surface area (TPSA) is 55.9 Å². The Morgan fingerprint density at radius 3 is 3.00 bits per heavy atom. The Morgan fingerprint density at radius 1 is 1.67 bits per heavy atom. The number of thioether (sulfide) groups is 1. The number of nitrogens with zero attached hydrogens (tertiary/aromatic N) is 3. The third-order valence-electron chi connectivity index (χ3n) is 1.17. The van der Waals surface area contributed by atoms with Gasteiger partial charge in [-0.1, -0.05) is 6.92 Å². The Kier molecular flexibility index (Phi) is 3.28. The maximum absolute atomic E-state index is 10.6. The monoisotopic (exact) mass is 184 g/mol. The predicted octanol–water partition coefficient (Wildman–Crippen LogP) is 1.35. The van der Waals surface area contributed by atoms with Gasteiger partial charge in [0.25, 0.3) is 0 Å². The molecule has 1 radical (unpaired) electrons. The van der Waals surface area contributed by atoms with E-state index in [1.54, 1.807) is 0 Å². The molecule has 4 nitrogen and oxygen atoms in total. The molecule has 0 N–H and O–H groups in total. The highest BCUT2D eigenvalue weighted by Gasteiger charge is 2.15. The Balaban J connectivity index is 2.46. The SMILES string of the molecule is CCCC1=N[N]C(=NC(C)=O)S1. The van der Waals surface area contributed by atoms with Gasteiger partial charge in [-0.2, -0.15) is 4.99 Å². The summed E-state index contributed by atoms with van der Waals surface area (Å²) in [4.78, 5) is 14.2. The van der Waals surface area contributed by atoms with E-state index in [0.717, 1.165) is 17.9 Å². The van der Waals surface area contributed by atoms with Crippen LogP contribution in [0.1, 0.15) is 26.7 Å². The summed E-state index contributed by atoms with van der Waals surface area (Å²) in [7, 11) is 0. The van der Waals surface area contributed by atoms with Crippen LogP contribution in [0.2, 0.25) is 0 Å². The van der Waals surface area contributed by atoms with Crippen molar-refractivity contribution in [3.05, 3.63) is 0 Å². The van der Waals surface area contributed by atoms with E-state index >= 15 is 0 Å². The third kappa shape index (κ3) is 2.65. The molecule has 0 aliphatic carbocycles. The highest BCUT2D eigenvalue weighted by atomic mass is 32.2. The molecule has 0 aromatic carbocycles. The zero-order valence-corrected chi connectivity index (χ0v) is 7.89. The molecule has 1 heterocycles. The fraction of sp³-hybridized carbons (Fsp3) is 0.571. The Bertz CT molecular complexity index is 247. The standard InChI is InChI=1S/C7H10N3OS/c1-3-4-6-9-10-7(12-6)8-5(2)11/h3-4H2,1-2H3. The molecule has 1 amide bonds. The van der Waals surface area contributed by atoms with E-state index in [-0.39, 0.29) is 5.91 Å². The highest BCUT2D eigenvalue weighted by Crippen LogP contribution is 2.16. The van der Waals surface area contributed by atoms with Gasteiger partial charge in [0.2, 0.25) is 11.1 Å². The van der Waals surface area contributed by atoms with Gasteiger partial charge in [-0.25, -0.2) is 0 Å². The summed E-state index contributed by atoms with van der Waals surface area (Å²) in [5.41, 5.74) is 3.76. The van der Waals surface area contributed by atoms with Crippen LogP contribution >= 0.6 is 11.8 Å². The Morgan fingerprint density at radius 2 is 2.42 bits per heavy atom. The van der Waals surface area contributed by atoms with Crippen LogP contribution in [0.3, 0.4) is 0 Å². The van der Waals surface area contributed by atoms with Crippen LogP contribution in [0, 0.1) is 0 Å². The largest absolute Gasteiger partial charge is 0.273 e. The van der Waals surface area contributed by atoms with E-state index in [2.05, 4.69) is 22.4 Å². The lowest BCUT2D eigenvalue weighted by molar-refractivity contribution is -0.115. The number of hydrogen-bond donors (Lipinski definition) is 0. The summed E-state index contributed by atoms with van der Waals surface area (Å²) in [5, 5.41) is 5.29. The average molecular weight is 184 g/mol. The van der Waals surface area contributed by atoms with Crippen molar-refractivity contribution < 1.29 is 4.79 Å². The molecule has 0 fully saturated rings. The number of amidine groups is 1. The summed E-state index contributed by atoms with van der Waals surface area (Å²) in [5.74, 6) is -0.228. The van der Waals surface area contributed by atoms with Gasteiger partial charge in [0, 0.05) is 6.92 Å². The fourth-order valence-corrected chi connectivity index (χ4v) is 1.59. The second-order valence-electron chi connectivity index (χ2n) is 2.36. The number of aliphatic imine (C=N–C) groups is 1. The predicted molar refractivity (Wildman–Crippen MR) is 50.2 cm³/mol. The van der Waals surface area contributed by atoms with Crippen LogP contribution in [0.15, 0.2) is 10.1 Å². The molecule has 0 bridgehead atoms. The van der Waals surface area contributed by atoms with Crippen LogP contribution in [-0.2, 0) is 4.79 Å². The van der Waals surface area contributed by atoms with E-state index in [1.807, 2.05) is 0 Å². The first-order chi connectivity index (χ1) is 5.72. The molecular formula is C7H10N3OS. The smallest absolute Gasteiger partial charge is 0.245 e. The van der Waals surface area contributed by atoms with Crippen molar-refractivity contribution in [3.63, 3.8) is 0 Å². The summed E-state index contributed by atoms with van der Waals surface area (Å²) in [6.45, 7) is 3.48. The maximum atomic E-state index is 10.6. The molecule has 1 aliphatic heterocycles. The number of carbonyl (C=O) groups excluding carboxylic acids is 1. The number of amides is 1. The molecule has 0 saturated heterocycles. The number of hydrogen-bond acceptors (Lipinski definition) is 3. The molecule has 0 atom stereocenters. The van der Waals surface area contributed by atoms with E-state index in [0.29, 0.717) is 5.17 Å². The van der Waals surface area contributed by atoms with Gasteiger partial charge in [0.15, 0.2) is 0 Å². The van der Waals surface area contributed by atoms with Crippen LogP contribution in [0.25, 0.3) is 0 Å². The first-order valence-electron chi connectivity index (χ1n) is 3.77. The lowest BCUT2D eigenvalue weighted by Gasteiger charge is -1.90. The van der Waals surface area contributed by atoms with E-state index in [9.17, 15) is 4.79 Å². The van der Waals surface area contributed by atoms with E-state index in [1.165, 1.54) is 18.7 Å². The minimum Gasteiger partial charge on any atom is -0.273 e. The molecule has 5 heteroatoms. The second kappa shape index (κ2) is 4.25. The number of rotatable bonds is 2. The molecule has 12 heavy (non-hydrogen) atoms. The maximum Gasteiger partial charge on any atom is 0.245 e. The zero-order chi connectivity index (χ0) is 8.97. The van der Waals surface area contributed by atoms with Crippen LogP contribution in [-0.4, -0.2) is 16.1 Å². The zero-order valence-electron chi connectivity index (χ0n) is 7.07. The minimum absolute atomic E-state index is 0.228. The first-order valence-corrected chi connectivity index (χ1v) is 4.58. The van der Waals surface area contributed by atoms with Gasteiger partial charge in [0.05, 0.1) is 0 Å². The lowest BCUT2D eigenvalue weighted by Crippen LogP contribution is -2.01. The Hall–Kier alpha value is -0.840. The molecule has 0 aromatic heterocycles. The van der Waals surface area contributed by atoms with Crippen LogP contribution in [0.5, 0.6) is 0 Å². The lowest BCUT2D eigenvalue weighted by atomic mass is 10.4. The Labute approximate surface area is 75.5 Å². The molecule has 1 rings (SSSR count). The fourth-order valence-electron chi connectivity index (χ4n) is 0.740. The quantitative estimate of drug-likeness (QED) is 0.650. The van der Waals surface area contributed by atoms with Gasteiger partial charge in [0.1, 0.15) is 5.04 Å². The van der Waals surface area contributed by atoms with Crippen molar-refractivity contribution in [3.8, 4) is 0 Å². The molecule has 1 aliphatic rings. The van der Waals surface area contributed by atoms with Crippen LogP contribution in [0.4, 0.5) is 0 Å². The van der Waals surface area contributed by atoms with Crippen molar-refractivity contribution in [1.82, 2.24) is 5.43 Å². The van der Waals surface area contributed by atoms with Crippen molar-refractivity contribution in [2.45, 2.75) is 26.7 Å². The van der Waals surface area contributed by atoms with Gasteiger partial charge < -0.3 is 0 Å². The van der Waals surface area contributed by atoms with Gasteiger partial charge in [-0.3, -0.25) is 4.79 Å². The van der Waals surface area contributed by atoms with Crippen molar-refractivity contribution >= 4 is 27.9 Å². The molecular weight excluding hydrogens is 174 g/mol. The molecule has 0 saturated carbocycles. The molecule has 0 unspecified atom stereocenters. The van der Waals surface area contributed by atoms with Gasteiger partial charge >= 0.3 is 0 Å². The minimum atomic E-state index is -0.228. The average Bonchev–Trinajstić information content (AvgIpc) is 2.36. The molecule has 65 valence electrons. The normalized spacial score (nSPS) is 19.2. The summed E-state index contributed by atoms with van der Waals surface area (Å²) < 4.78 is 0.